The Labute approximate surface area is 79.9 Å². The van der Waals surface area contributed by atoms with E-state index in [-0.39, 0.29) is 5.82 Å². The molecule has 0 fully saturated rings. The Morgan fingerprint density at radius 2 is 2.00 bits per heavy atom. The second-order valence-electron chi connectivity index (χ2n) is 3.32. The smallest absolute Gasteiger partial charge is 0.142 e. The summed E-state index contributed by atoms with van der Waals surface area (Å²) in [5.74, 6) is -0.273. The zero-order valence-electron chi connectivity index (χ0n) is 7.07. The Hall–Kier alpha value is -0.410. The van der Waals surface area contributed by atoms with Crippen LogP contribution in [0.2, 0.25) is 0 Å². The lowest BCUT2D eigenvalue weighted by atomic mass is 9.95. The number of nitrogens with two attached hydrogens (primary N) is 1. The van der Waals surface area contributed by atoms with Gasteiger partial charge in [0, 0.05) is 11.1 Å². The lowest BCUT2D eigenvalue weighted by Gasteiger charge is -2.20. The van der Waals surface area contributed by atoms with Gasteiger partial charge in [-0.15, -0.1) is 0 Å². The molecule has 3 heteroatoms. The van der Waals surface area contributed by atoms with E-state index in [0.717, 1.165) is 0 Å². The molecule has 0 spiro atoms. The zero-order chi connectivity index (χ0) is 9.35. The van der Waals surface area contributed by atoms with Crippen molar-refractivity contribution in [3.05, 3.63) is 34.1 Å². The summed E-state index contributed by atoms with van der Waals surface area (Å²) in [6.07, 6.45) is 0. The van der Waals surface area contributed by atoms with Crippen LogP contribution in [0.25, 0.3) is 0 Å². The molecule has 0 aliphatic rings. The minimum absolute atomic E-state index is 0.273. The molecule has 0 saturated carbocycles. The second kappa shape index (κ2) is 3.15. The monoisotopic (exact) mass is 231 g/mol. The van der Waals surface area contributed by atoms with Gasteiger partial charge in [0.15, 0.2) is 0 Å². The van der Waals surface area contributed by atoms with Crippen molar-refractivity contribution in [3.63, 3.8) is 0 Å². The van der Waals surface area contributed by atoms with Crippen LogP contribution in [0, 0.1) is 5.82 Å². The van der Waals surface area contributed by atoms with Gasteiger partial charge in [-0.05, 0) is 35.8 Å². The van der Waals surface area contributed by atoms with Gasteiger partial charge in [0.25, 0.3) is 0 Å². The molecule has 66 valence electrons. The van der Waals surface area contributed by atoms with Gasteiger partial charge >= 0.3 is 0 Å². The van der Waals surface area contributed by atoms with Crippen molar-refractivity contribution in [1.82, 2.24) is 0 Å². The summed E-state index contributed by atoms with van der Waals surface area (Å²) in [6, 6.07) is 5.13. The van der Waals surface area contributed by atoms with Crippen molar-refractivity contribution in [2.75, 3.05) is 0 Å². The van der Waals surface area contributed by atoms with Crippen LogP contribution in [0.3, 0.4) is 0 Å². The van der Waals surface area contributed by atoms with Gasteiger partial charge in [0.1, 0.15) is 5.82 Å². The van der Waals surface area contributed by atoms with Gasteiger partial charge in [-0.3, -0.25) is 0 Å². The molecule has 2 N–H and O–H groups in total. The van der Waals surface area contributed by atoms with Crippen LogP contribution in [0.4, 0.5) is 4.39 Å². The maximum Gasteiger partial charge on any atom is 0.142 e. The Bertz CT molecular complexity index is 291. The first kappa shape index (κ1) is 9.68. The van der Waals surface area contributed by atoms with Gasteiger partial charge in [-0.25, -0.2) is 4.39 Å². The molecule has 0 saturated heterocycles. The third-order valence-electron chi connectivity index (χ3n) is 1.65. The third kappa shape index (κ3) is 1.84. The molecule has 0 bridgehead atoms. The summed E-state index contributed by atoms with van der Waals surface area (Å²) in [4.78, 5) is 0. The summed E-state index contributed by atoms with van der Waals surface area (Å²) in [6.45, 7) is 3.55. The number of benzene rings is 1. The fourth-order valence-corrected chi connectivity index (χ4v) is 1.37. The Kier molecular flexibility index (Phi) is 2.54. The van der Waals surface area contributed by atoms with E-state index in [2.05, 4.69) is 15.9 Å². The molecule has 0 heterocycles. The summed E-state index contributed by atoms with van der Waals surface area (Å²) >= 11 is 3.11. The summed E-state index contributed by atoms with van der Waals surface area (Å²) < 4.78 is 13.8. The lowest BCUT2D eigenvalue weighted by Crippen LogP contribution is -2.29. The number of rotatable bonds is 1. The number of halogens is 2. The van der Waals surface area contributed by atoms with E-state index in [1.54, 1.807) is 32.0 Å². The van der Waals surface area contributed by atoms with Crippen molar-refractivity contribution < 1.29 is 4.39 Å². The summed E-state index contributed by atoms with van der Waals surface area (Å²) in [5.41, 5.74) is 5.66. The second-order valence-corrected chi connectivity index (χ2v) is 4.18. The molecular weight excluding hydrogens is 221 g/mol. The fourth-order valence-electron chi connectivity index (χ4n) is 1.00. The van der Waals surface area contributed by atoms with Gasteiger partial charge in [-0.2, -0.15) is 0 Å². The normalized spacial score (nSPS) is 11.8. The molecule has 12 heavy (non-hydrogen) atoms. The first-order valence-corrected chi connectivity index (χ1v) is 4.45. The maximum atomic E-state index is 13.4. The highest BCUT2D eigenvalue weighted by Gasteiger charge is 2.19. The van der Waals surface area contributed by atoms with Crippen molar-refractivity contribution >= 4 is 15.9 Å². The lowest BCUT2D eigenvalue weighted by molar-refractivity contribution is 0.499. The standard InChI is InChI=1S/C9H11BrFN/c1-9(2,12)6-4-3-5-7(10)8(6)11/h3-5H,12H2,1-2H3. The SMILES string of the molecule is CC(C)(N)c1cccc(Br)c1F. The van der Waals surface area contributed by atoms with Crippen molar-refractivity contribution in [2.45, 2.75) is 19.4 Å². The largest absolute Gasteiger partial charge is 0.322 e. The van der Waals surface area contributed by atoms with Gasteiger partial charge in [0.05, 0.1) is 4.47 Å². The van der Waals surface area contributed by atoms with E-state index < -0.39 is 5.54 Å². The van der Waals surface area contributed by atoms with Crippen LogP contribution in [0.15, 0.2) is 22.7 Å². The molecular formula is C9H11BrFN. The quantitative estimate of drug-likeness (QED) is 0.791. The molecule has 0 aliphatic carbocycles. The van der Waals surface area contributed by atoms with Gasteiger partial charge in [0.2, 0.25) is 0 Å². The first-order valence-electron chi connectivity index (χ1n) is 3.66. The Morgan fingerprint density at radius 3 is 2.42 bits per heavy atom. The first-order chi connectivity index (χ1) is 5.43. The topological polar surface area (TPSA) is 26.0 Å². The van der Waals surface area contributed by atoms with Crippen LogP contribution < -0.4 is 5.73 Å². The molecule has 1 aromatic rings. The van der Waals surface area contributed by atoms with Crippen LogP contribution in [-0.2, 0) is 5.54 Å². The van der Waals surface area contributed by atoms with Crippen LogP contribution in [0.1, 0.15) is 19.4 Å². The predicted molar refractivity (Wildman–Crippen MR) is 51.3 cm³/mol. The zero-order valence-corrected chi connectivity index (χ0v) is 8.65. The van der Waals surface area contributed by atoms with E-state index >= 15 is 0 Å². The molecule has 0 amide bonds. The third-order valence-corrected chi connectivity index (χ3v) is 2.26. The minimum Gasteiger partial charge on any atom is -0.322 e. The van der Waals surface area contributed by atoms with Gasteiger partial charge in [-0.1, -0.05) is 12.1 Å². The highest BCUT2D eigenvalue weighted by atomic mass is 79.9. The van der Waals surface area contributed by atoms with Crippen molar-refractivity contribution in [2.24, 2.45) is 5.73 Å². The van der Waals surface area contributed by atoms with E-state index in [4.69, 9.17) is 5.73 Å². The maximum absolute atomic E-state index is 13.4. The summed E-state index contributed by atoms with van der Waals surface area (Å²) in [7, 11) is 0. The summed E-state index contributed by atoms with van der Waals surface area (Å²) in [5, 5.41) is 0. The van der Waals surface area contributed by atoms with Crippen molar-refractivity contribution in [1.29, 1.82) is 0 Å². The average molecular weight is 232 g/mol. The van der Waals surface area contributed by atoms with E-state index in [0.29, 0.717) is 10.0 Å². The van der Waals surface area contributed by atoms with Crippen LogP contribution in [-0.4, -0.2) is 0 Å². The fraction of sp³-hybridized carbons (Fsp3) is 0.333. The predicted octanol–water partition coefficient (Wildman–Crippen LogP) is 2.78. The van der Waals surface area contributed by atoms with E-state index in [1.807, 2.05) is 0 Å². The number of hydrogen-bond donors (Lipinski definition) is 1. The highest BCUT2D eigenvalue weighted by Crippen LogP contribution is 2.25. The number of hydrogen-bond acceptors (Lipinski definition) is 1. The van der Waals surface area contributed by atoms with Crippen LogP contribution >= 0.6 is 15.9 Å². The molecule has 0 atom stereocenters. The van der Waals surface area contributed by atoms with E-state index in [1.165, 1.54) is 0 Å². The molecule has 0 aliphatic heterocycles. The minimum atomic E-state index is -0.631. The molecule has 0 radical (unpaired) electrons. The van der Waals surface area contributed by atoms with Crippen LogP contribution in [0.5, 0.6) is 0 Å². The molecule has 1 aromatic carbocycles. The highest BCUT2D eigenvalue weighted by molar-refractivity contribution is 9.10. The molecule has 1 nitrogen and oxygen atoms in total. The van der Waals surface area contributed by atoms with E-state index in [9.17, 15) is 4.39 Å². The molecule has 1 rings (SSSR count). The van der Waals surface area contributed by atoms with Crippen molar-refractivity contribution in [3.8, 4) is 0 Å². The molecule has 0 unspecified atom stereocenters. The average Bonchev–Trinajstić information content (AvgIpc) is 1.92. The Balaban J connectivity index is 3.26. The molecule has 0 aromatic heterocycles. The Morgan fingerprint density at radius 1 is 1.42 bits per heavy atom. The van der Waals surface area contributed by atoms with Gasteiger partial charge < -0.3 is 5.73 Å².